The molecular weight excluding hydrogens is 437 g/mol. The van der Waals surface area contributed by atoms with Crippen molar-refractivity contribution in [2.75, 3.05) is 0 Å². The quantitative estimate of drug-likeness (QED) is 0.589. The van der Waals surface area contributed by atoms with E-state index in [-0.39, 0.29) is 16.1 Å². The Bertz CT molecular complexity index is 1250. The number of rotatable bonds is 3. The van der Waals surface area contributed by atoms with E-state index in [0.717, 1.165) is 22.3 Å². The van der Waals surface area contributed by atoms with Crippen LogP contribution in [0.1, 0.15) is 21.5 Å². The Kier molecular flexibility index (Phi) is 7.03. The average molecular weight is 454 g/mol. The Morgan fingerprint density at radius 1 is 1.03 bits per heavy atom. The standard InChI is InChI=1S/C13H9F3N2O2.C7H8O3S/c14-13(15,16)8-3-1-4-9(7-8)18-6-2-5-10(11(17)19)12(18)20;1-6-2-4-7(5-3-6)11(8,9)10/h1-7H,(H2,17,19);2-5H,1H3,(H,8,9,10). The van der Waals surface area contributed by atoms with E-state index < -0.39 is 33.3 Å². The first kappa shape index (κ1) is 23.8. The number of nitrogens with two attached hydrogens (primary N) is 1. The lowest BCUT2D eigenvalue weighted by Crippen LogP contribution is -2.28. The molecule has 2 aromatic carbocycles. The van der Waals surface area contributed by atoms with Crippen LogP contribution < -0.4 is 11.3 Å². The number of hydrogen-bond acceptors (Lipinski definition) is 4. The third-order valence-corrected chi connectivity index (χ3v) is 4.85. The lowest BCUT2D eigenvalue weighted by molar-refractivity contribution is -0.137. The summed E-state index contributed by atoms with van der Waals surface area (Å²) in [6, 6.07) is 12.8. The molecular formula is C20H17F3N2O5S. The molecule has 0 aliphatic carbocycles. The maximum Gasteiger partial charge on any atom is 0.416 e. The van der Waals surface area contributed by atoms with Crippen LogP contribution in [0, 0.1) is 6.92 Å². The van der Waals surface area contributed by atoms with Gasteiger partial charge in [0, 0.05) is 11.9 Å². The normalized spacial score (nSPS) is 11.4. The van der Waals surface area contributed by atoms with Crippen molar-refractivity contribution in [3.63, 3.8) is 0 Å². The van der Waals surface area contributed by atoms with Crippen LogP contribution in [-0.4, -0.2) is 23.4 Å². The highest BCUT2D eigenvalue weighted by Gasteiger charge is 2.30. The van der Waals surface area contributed by atoms with Gasteiger partial charge in [0.05, 0.1) is 10.5 Å². The predicted molar refractivity (Wildman–Crippen MR) is 107 cm³/mol. The van der Waals surface area contributed by atoms with Crippen molar-refractivity contribution in [3.8, 4) is 5.69 Å². The second-order valence-electron chi connectivity index (χ2n) is 6.30. The topological polar surface area (TPSA) is 119 Å². The molecule has 11 heteroatoms. The molecule has 0 aliphatic rings. The third-order valence-electron chi connectivity index (χ3n) is 3.98. The van der Waals surface area contributed by atoms with Crippen molar-refractivity contribution in [3.05, 3.63) is 93.9 Å². The van der Waals surface area contributed by atoms with Crippen molar-refractivity contribution in [1.82, 2.24) is 4.57 Å². The second kappa shape index (κ2) is 9.14. The minimum Gasteiger partial charge on any atom is -0.365 e. The number of aromatic nitrogens is 1. The summed E-state index contributed by atoms with van der Waals surface area (Å²) in [7, 11) is -4.02. The molecule has 164 valence electrons. The number of benzene rings is 2. The SMILES string of the molecule is Cc1ccc(S(=O)(=O)O)cc1.NC(=O)c1cccn(-c2cccc(C(F)(F)F)c2)c1=O. The summed E-state index contributed by atoms with van der Waals surface area (Å²) in [5, 5.41) is 0. The number of halogens is 3. The molecule has 0 fully saturated rings. The van der Waals surface area contributed by atoms with Crippen LogP contribution in [0.2, 0.25) is 0 Å². The van der Waals surface area contributed by atoms with E-state index in [4.69, 9.17) is 10.3 Å². The van der Waals surface area contributed by atoms with Gasteiger partial charge in [-0.3, -0.25) is 18.7 Å². The Balaban J connectivity index is 0.000000262. The Morgan fingerprint density at radius 3 is 2.16 bits per heavy atom. The number of carbonyl (C=O) groups is 1. The van der Waals surface area contributed by atoms with E-state index in [0.29, 0.717) is 0 Å². The largest absolute Gasteiger partial charge is 0.416 e. The minimum absolute atomic E-state index is 0.00734. The molecule has 0 saturated carbocycles. The van der Waals surface area contributed by atoms with E-state index in [1.807, 2.05) is 6.92 Å². The van der Waals surface area contributed by atoms with Crippen molar-refractivity contribution < 1.29 is 30.9 Å². The fourth-order valence-electron chi connectivity index (χ4n) is 2.43. The number of hydrogen-bond donors (Lipinski definition) is 2. The first-order valence-electron chi connectivity index (χ1n) is 8.54. The summed E-state index contributed by atoms with van der Waals surface area (Å²) < 4.78 is 68.4. The number of aryl methyl sites for hydroxylation is 1. The molecule has 0 radical (unpaired) electrons. The number of pyridine rings is 1. The highest BCUT2D eigenvalue weighted by molar-refractivity contribution is 7.85. The van der Waals surface area contributed by atoms with Gasteiger partial charge in [-0.1, -0.05) is 23.8 Å². The Hall–Kier alpha value is -3.44. The Morgan fingerprint density at radius 2 is 1.65 bits per heavy atom. The molecule has 3 aromatic rings. The molecule has 1 amide bonds. The van der Waals surface area contributed by atoms with Gasteiger partial charge in [0.25, 0.3) is 21.6 Å². The molecule has 0 aliphatic heterocycles. The van der Waals surface area contributed by atoms with E-state index in [2.05, 4.69) is 0 Å². The van der Waals surface area contributed by atoms with Crippen LogP contribution in [0.25, 0.3) is 5.69 Å². The summed E-state index contributed by atoms with van der Waals surface area (Å²) in [5.74, 6) is -0.934. The van der Waals surface area contributed by atoms with Crippen molar-refractivity contribution in [1.29, 1.82) is 0 Å². The minimum atomic E-state index is -4.51. The van der Waals surface area contributed by atoms with Crippen LogP contribution in [-0.2, 0) is 16.3 Å². The van der Waals surface area contributed by atoms with Crippen molar-refractivity contribution >= 4 is 16.0 Å². The fraction of sp³-hybridized carbons (Fsp3) is 0.100. The number of alkyl halides is 3. The number of primary amides is 1. The monoisotopic (exact) mass is 454 g/mol. The van der Waals surface area contributed by atoms with Gasteiger partial charge < -0.3 is 5.73 Å². The highest BCUT2D eigenvalue weighted by Crippen LogP contribution is 2.30. The maximum atomic E-state index is 12.6. The Labute approximate surface area is 175 Å². The van der Waals surface area contributed by atoms with Crippen molar-refractivity contribution in [2.45, 2.75) is 18.0 Å². The van der Waals surface area contributed by atoms with Crippen LogP contribution in [0.4, 0.5) is 13.2 Å². The molecule has 0 unspecified atom stereocenters. The van der Waals surface area contributed by atoms with Gasteiger partial charge in [0.15, 0.2) is 0 Å². The molecule has 0 spiro atoms. The number of nitrogens with zero attached hydrogens (tertiary/aromatic N) is 1. The maximum absolute atomic E-state index is 12.6. The van der Waals surface area contributed by atoms with Gasteiger partial charge in [0.2, 0.25) is 0 Å². The van der Waals surface area contributed by atoms with Gasteiger partial charge in [-0.2, -0.15) is 21.6 Å². The summed E-state index contributed by atoms with van der Waals surface area (Å²) in [6.45, 7) is 1.84. The molecule has 0 saturated heterocycles. The van der Waals surface area contributed by atoms with Crippen LogP contribution in [0.3, 0.4) is 0 Å². The molecule has 1 aromatic heterocycles. The van der Waals surface area contributed by atoms with Gasteiger partial charge in [0.1, 0.15) is 5.56 Å². The number of carbonyl (C=O) groups excluding carboxylic acids is 1. The summed E-state index contributed by atoms with van der Waals surface area (Å²) in [6.07, 6.45) is -3.24. The molecule has 1 heterocycles. The van der Waals surface area contributed by atoms with Gasteiger partial charge in [-0.05, 0) is 49.4 Å². The van der Waals surface area contributed by atoms with Crippen molar-refractivity contribution in [2.24, 2.45) is 5.73 Å². The smallest absolute Gasteiger partial charge is 0.365 e. The summed E-state index contributed by atoms with van der Waals surface area (Å²) in [4.78, 5) is 22.9. The predicted octanol–water partition coefficient (Wildman–Crippen LogP) is 3.20. The first-order chi connectivity index (χ1) is 14.3. The molecule has 0 bridgehead atoms. The zero-order chi connectivity index (χ0) is 23.4. The number of amides is 1. The molecule has 7 nitrogen and oxygen atoms in total. The lowest BCUT2D eigenvalue weighted by Gasteiger charge is -2.10. The van der Waals surface area contributed by atoms with Gasteiger partial charge in [-0.25, -0.2) is 0 Å². The zero-order valence-electron chi connectivity index (χ0n) is 16.0. The van der Waals surface area contributed by atoms with E-state index in [9.17, 15) is 31.2 Å². The molecule has 31 heavy (non-hydrogen) atoms. The molecule has 3 N–H and O–H groups in total. The van der Waals surface area contributed by atoms with E-state index in [1.165, 1.54) is 42.6 Å². The summed E-state index contributed by atoms with van der Waals surface area (Å²) >= 11 is 0. The first-order valence-corrected chi connectivity index (χ1v) is 9.98. The van der Waals surface area contributed by atoms with Crippen LogP contribution in [0.15, 0.2) is 76.6 Å². The average Bonchev–Trinajstić information content (AvgIpc) is 2.67. The van der Waals surface area contributed by atoms with E-state index >= 15 is 0 Å². The molecule has 0 atom stereocenters. The third kappa shape index (κ3) is 6.27. The second-order valence-corrected chi connectivity index (χ2v) is 7.72. The van der Waals surface area contributed by atoms with Gasteiger partial charge in [-0.15, -0.1) is 0 Å². The molecule has 3 rings (SSSR count). The fourth-order valence-corrected chi connectivity index (χ4v) is 2.91. The van der Waals surface area contributed by atoms with Crippen LogP contribution in [0.5, 0.6) is 0 Å². The summed E-state index contributed by atoms with van der Waals surface area (Å²) in [5.41, 5.74) is 4.06. The van der Waals surface area contributed by atoms with Crippen LogP contribution >= 0.6 is 0 Å². The lowest BCUT2D eigenvalue weighted by atomic mass is 10.2. The van der Waals surface area contributed by atoms with E-state index in [1.54, 1.807) is 12.1 Å². The zero-order valence-corrected chi connectivity index (χ0v) is 16.8. The van der Waals surface area contributed by atoms with Gasteiger partial charge >= 0.3 is 6.18 Å². The highest BCUT2D eigenvalue weighted by atomic mass is 32.2.